The van der Waals surface area contributed by atoms with Gasteiger partial charge in [0.2, 0.25) is 0 Å². The fraction of sp³-hybridized carbons (Fsp3) is 0. The van der Waals surface area contributed by atoms with E-state index in [1.54, 1.807) is 5.70 Å². The summed E-state index contributed by atoms with van der Waals surface area (Å²) < 4.78 is 11.0. The van der Waals surface area contributed by atoms with E-state index in [1.807, 2.05) is 0 Å². The van der Waals surface area contributed by atoms with Crippen LogP contribution in [0.15, 0.2) is 11.1 Å². The van der Waals surface area contributed by atoms with Crippen LogP contribution in [0.3, 0.4) is 0 Å². The third-order valence-electron chi connectivity index (χ3n) is 0.253. The van der Waals surface area contributed by atoms with Crippen LogP contribution in [0.1, 0.15) is 0 Å². The topological polar surface area (TPSA) is 0 Å². The van der Waals surface area contributed by atoms with Crippen molar-refractivity contribution >= 4 is 9.52 Å². The van der Waals surface area contributed by atoms with Gasteiger partial charge in [0.25, 0.3) is 0 Å². The van der Waals surface area contributed by atoms with Crippen LogP contribution < -0.4 is 0 Å². The Labute approximate surface area is 26.1 Å². The van der Waals surface area contributed by atoms with Crippen LogP contribution in [0.5, 0.6) is 0 Å². The van der Waals surface area contributed by atoms with Crippen LogP contribution in [-0.4, -0.2) is 9.52 Å². The predicted octanol–water partition coefficient (Wildman–Crippen LogP) is 0.473. The molecule has 0 saturated heterocycles. The fourth-order valence-corrected chi connectivity index (χ4v) is 0.0818. The van der Waals surface area contributed by atoms with Gasteiger partial charge in [0.1, 0.15) is 0 Å². The third-order valence-corrected chi connectivity index (χ3v) is 0.760. The third kappa shape index (κ3) is 0.178. The molecule has 0 atom stereocenters. The molecule has 0 aromatic carbocycles. The summed E-state index contributed by atoms with van der Waals surface area (Å²) in [7, 11) is 0.432. The van der Waals surface area contributed by atoms with Gasteiger partial charge in [-0.25, -0.2) is 0 Å². The largest absolute Gasteiger partial charge is 0.601 e. The molecule has 0 bridgehead atoms. The summed E-state index contributed by atoms with van der Waals surface area (Å²) in [6.45, 7) is 0. The number of rotatable bonds is 0. The van der Waals surface area contributed by atoms with Gasteiger partial charge >= 0.3 is 15.0 Å². The first-order valence-corrected chi connectivity index (χ1v) is 2.09. The molecule has 0 amide bonds. The van der Waals surface area contributed by atoms with Crippen molar-refractivity contribution in [2.24, 2.45) is 0 Å². The zero-order chi connectivity index (χ0) is 2.99. The summed E-state index contributed by atoms with van der Waals surface area (Å²) in [4.78, 5) is 0. The van der Waals surface area contributed by atoms with Gasteiger partial charge in [-0.2, -0.15) is 4.39 Å². The minimum Gasteiger partial charge on any atom is -0.169 e. The maximum Gasteiger partial charge on any atom is 0.601 e. The highest BCUT2D eigenvalue weighted by molar-refractivity contribution is 6.62. The quantitative estimate of drug-likeness (QED) is 0.365. The van der Waals surface area contributed by atoms with Crippen LogP contribution in [-0.2, 0) is 0 Å². The molecular weight excluding hydrogens is 71.1 g/mol. The average Bonchev–Trinajstić information content (AvgIpc) is 1.75. The van der Waals surface area contributed by atoms with E-state index < -0.39 is 0 Å². The molecule has 0 aliphatic carbocycles. The normalized spacial score (nSPS) is 17.8. The second-order valence-corrected chi connectivity index (χ2v) is 1.69. The van der Waals surface area contributed by atoms with E-state index in [4.69, 9.17) is 0 Å². The Morgan fingerprint density at radius 3 is 2.25 bits per heavy atom. The highest BCUT2D eigenvalue weighted by atomic mass is 28.2. The molecule has 2 heteroatoms. The van der Waals surface area contributed by atoms with E-state index in [-0.39, 0.29) is 5.45 Å². The summed E-state index contributed by atoms with van der Waals surface area (Å²) in [5.41, 5.74) is 1.64. The van der Waals surface area contributed by atoms with Gasteiger partial charge < -0.3 is 0 Å². The van der Waals surface area contributed by atoms with Crippen molar-refractivity contribution in [3.05, 3.63) is 11.1 Å². The van der Waals surface area contributed by atoms with Crippen molar-refractivity contribution in [1.82, 2.24) is 0 Å². The van der Waals surface area contributed by atoms with E-state index in [2.05, 4.69) is 0 Å². The molecule has 0 aromatic rings. The lowest BCUT2D eigenvalue weighted by Gasteiger charge is -1.22. The number of hydrogen-bond acceptors (Lipinski definition) is 0. The molecule has 19 valence electrons. The Balaban J connectivity index is 2.54. The lowest BCUT2D eigenvalue weighted by Crippen LogP contribution is -1.43. The maximum absolute atomic E-state index is 11.0. The van der Waals surface area contributed by atoms with E-state index in [9.17, 15) is 4.39 Å². The molecule has 0 aromatic heterocycles. The Morgan fingerprint density at radius 1 is 2.00 bits per heavy atom. The zero-order valence-corrected chi connectivity index (χ0v) is 2.96. The molecule has 0 nitrogen and oxygen atoms in total. The first-order chi connectivity index (χ1) is 1.89. The van der Waals surface area contributed by atoms with Crippen LogP contribution in [0.25, 0.3) is 0 Å². The molecule has 1 radical (unpaired) electrons. The van der Waals surface area contributed by atoms with Crippen molar-refractivity contribution in [2.45, 2.75) is 0 Å². The van der Waals surface area contributed by atoms with E-state index in [0.29, 0.717) is 9.52 Å². The Bertz CT molecular complexity index is 57.1. The Kier molecular flexibility index (Phi) is 0.231. The van der Waals surface area contributed by atoms with Gasteiger partial charge in [-0.1, -0.05) is 0 Å². The summed E-state index contributed by atoms with van der Waals surface area (Å²) in [6, 6.07) is 0. The van der Waals surface area contributed by atoms with Gasteiger partial charge in [0, 0.05) is 0 Å². The Morgan fingerprint density at radius 2 is 2.25 bits per heavy atom. The zero-order valence-electron chi connectivity index (χ0n) is 1.96. The first-order valence-electron chi connectivity index (χ1n) is 1.02. The lowest BCUT2D eigenvalue weighted by molar-refractivity contribution is 0.709. The molecule has 0 N–H and O–H groups in total. The maximum atomic E-state index is 11.0. The SMILES string of the molecule is FC1=C[Si+]1. The van der Waals surface area contributed by atoms with E-state index in [0.717, 1.165) is 0 Å². The van der Waals surface area contributed by atoms with Crippen LogP contribution in [0.2, 0.25) is 0 Å². The van der Waals surface area contributed by atoms with Gasteiger partial charge in [-0.3, -0.25) is 0 Å². The summed E-state index contributed by atoms with van der Waals surface area (Å²) in [5.74, 6) is 0. The minimum absolute atomic E-state index is 0.0694. The number of hydrogen-bond donors (Lipinski definition) is 0. The molecule has 1 aliphatic heterocycles. The summed E-state index contributed by atoms with van der Waals surface area (Å²) in [6.07, 6.45) is 0. The molecular formula is C2HFSi+. The molecule has 1 heterocycles. The van der Waals surface area contributed by atoms with Crippen molar-refractivity contribution < 1.29 is 4.39 Å². The highest BCUT2D eigenvalue weighted by Gasteiger charge is 2.33. The predicted molar refractivity (Wildman–Crippen MR) is 14.9 cm³/mol. The fourth-order valence-electron chi connectivity index (χ4n) is 0.0273. The van der Waals surface area contributed by atoms with Crippen molar-refractivity contribution in [3.8, 4) is 0 Å². The van der Waals surface area contributed by atoms with E-state index in [1.165, 1.54) is 0 Å². The van der Waals surface area contributed by atoms with Crippen LogP contribution >= 0.6 is 0 Å². The van der Waals surface area contributed by atoms with Gasteiger partial charge in [-0.15, -0.1) is 0 Å². The molecule has 0 fully saturated rings. The summed E-state index contributed by atoms with van der Waals surface area (Å²) >= 11 is 0. The first kappa shape index (κ1) is 2.14. The smallest absolute Gasteiger partial charge is 0.169 e. The van der Waals surface area contributed by atoms with Gasteiger partial charge in [0.15, 0.2) is 5.70 Å². The lowest BCUT2D eigenvalue weighted by atomic mass is 11.2. The molecule has 0 spiro atoms. The molecule has 4 heavy (non-hydrogen) atoms. The van der Waals surface area contributed by atoms with Crippen molar-refractivity contribution in [3.63, 3.8) is 0 Å². The summed E-state index contributed by atoms with van der Waals surface area (Å²) in [5, 5.41) is 0. The van der Waals surface area contributed by atoms with Crippen molar-refractivity contribution in [1.29, 1.82) is 0 Å². The van der Waals surface area contributed by atoms with Gasteiger partial charge in [0.05, 0.1) is 0 Å². The molecule has 1 rings (SSSR count). The Hall–Kier alpha value is -0.113. The average molecular weight is 72.1 g/mol. The van der Waals surface area contributed by atoms with E-state index >= 15 is 0 Å². The van der Waals surface area contributed by atoms with Gasteiger partial charge in [-0.05, 0) is 0 Å². The highest BCUT2D eigenvalue weighted by Crippen LogP contribution is 2.04. The van der Waals surface area contributed by atoms with Crippen LogP contribution in [0, 0.1) is 0 Å². The minimum atomic E-state index is 0.0694. The number of halogens is 1. The van der Waals surface area contributed by atoms with Crippen molar-refractivity contribution in [2.75, 3.05) is 0 Å². The molecule has 1 aliphatic rings. The monoisotopic (exact) mass is 72.0 g/mol. The second kappa shape index (κ2) is 0.430. The van der Waals surface area contributed by atoms with Crippen LogP contribution in [0.4, 0.5) is 4.39 Å². The molecule has 0 unspecified atom stereocenters. The second-order valence-electron chi connectivity index (χ2n) is 0.637. The standard InChI is InChI=1S/C2HFSi/c3-2-1-4-2/h1H/q+1. The molecule has 0 saturated carbocycles.